The molecule has 4 rings (SSSR count). The Bertz CT molecular complexity index is 896. The number of halogens is 1. The fraction of sp³-hybridized carbons (Fsp3) is 0.600. The summed E-state index contributed by atoms with van der Waals surface area (Å²) < 4.78 is 19.8. The third kappa shape index (κ3) is 6.17. The van der Waals surface area contributed by atoms with Crippen LogP contribution in [0.4, 0.5) is 15.9 Å². The number of anilines is 2. The van der Waals surface area contributed by atoms with E-state index in [0.29, 0.717) is 40.6 Å². The van der Waals surface area contributed by atoms with Gasteiger partial charge in [-0.1, -0.05) is 6.92 Å². The van der Waals surface area contributed by atoms with Crippen molar-refractivity contribution in [2.45, 2.75) is 70.5 Å². The Morgan fingerprint density at radius 3 is 2.62 bits per heavy atom. The maximum atomic E-state index is 14.6. The number of pyridine rings is 2. The number of nitrogens with zero attached hydrogens (tertiary/aromatic N) is 2. The molecule has 0 radical (unpaired) electrons. The lowest BCUT2D eigenvalue weighted by molar-refractivity contribution is 0.161. The average Bonchev–Trinajstić information content (AvgIpc) is 3.53. The maximum Gasteiger partial charge on any atom is 0.151 e. The third-order valence-corrected chi connectivity index (χ3v) is 6.73. The minimum atomic E-state index is -0.352. The van der Waals surface area contributed by atoms with E-state index < -0.39 is 0 Å². The Hall–Kier alpha value is -2.25. The zero-order valence-electron chi connectivity index (χ0n) is 19.5. The van der Waals surface area contributed by atoms with Crippen LogP contribution in [0.15, 0.2) is 30.6 Å². The van der Waals surface area contributed by atoms with Gasteiger partial charge in [-0.2, -0.15) is 0 Å². The summed E-state index contributed by atoms with van der Waals surface area (Å²) >= 11 is 0. The highest BCUT2D eigenvalue weighted by atomic mass is 19.1. The van der Waals surface area contributed by atoms with Crippen LogP contribution in [-0.4, -0.2) is 48.4 Å². The molecule has 0 amide bonds. The molecule has 0 spiro atoms. The molecule has 0 aliphatic heterocycles. The van der Waals surface area contributed by atoms with Crippen LogP contribution in [0.5, 0.6) is 0 Å². The summed E-state index contributed by atoms with van der Waals surface area (Å²) in [7, 11) is 1.74. The van der Waals surface area contributed by atoms with Gasteiger partial charge >= 0.3 is 0 Å². The van der Waals surface area contributed by atoms with Gasteiger partial charge in [0.2, 0.25) is 0 Å². The van der Waals surface area contributed by atoms with Crippen LogP contribution in [-0.2, 0) is 4.74 Å². The number of ether oxygens (including phenoxy) is 1. The molecule has 2 aliphatic carbocycles. The molecule has 3 N–H and O–H groups in total. The normalized spacial score (nSPS) is 22.9. The summed E-state index contributed by atoms with van der Waals surface area (Å²) in [5, 5.41) is 10.6. The topological polar surface area (TPSA) is 71.1 Å². The van der Waals surface area contributed by atoms with Gasteiger partial charge in [-0.15, -0.1) is 0 Å². The fourth-order valence-corrected chi connectivity index (χ4v) is 4.42. The second-order valence-corrected chi connectivity index (χ2v) is 9.86. The van der Waals surface area contributed by atoms with Crippen LogP contribution in [0.3, 0.4) is 0 Å². The summed E-state index contributed by atoms with van der Waals surface area (Å²) in [6.07, 6.45) is 9.88. The van der Waals surface area contributed by atoms with E-state index in [4.69, 9.17) is 4.74 Å². The molecule has 0 bridgehead atoms. The fourth-order valence-electron chi connectivity index (χ4n) is 4.42. The standard InChI is InChI=1S/C25H36FN5O/c1-17(15-32-3)30-18-4-6-19(7-5-18)31-24-13-21(22(26)14-28-24)23-12-20(8-11-27-23)29-16-25(2)9-10-25/h8,11-14,17-19,30H,4-7,9-10,15-16H2,1-3H3,(H,27,29)(H,28,31)/t17-,18?,19?/m0/s1. The van der Waals surface area contributed by atoms with Crippen molar-refractivity contribution in [2.24, 2.45) is 5.41 Å². The van der Waals surface area contributed by atoms with E-state index in [9.17, 15) is 4.39 Å². The molecule has 0 aromatic carbocycles. The number of aromatic nitrogens is 2. The molecule has 0 saturated heterocycles. The van der Waals surface area contributed by atoms with Gasteiger partial charge in [0.1, 0.15) is 5.82 Å². The molecular weight excluding hydrogens is 405 g/mol. The number of methoxy groups -OCH3 is 1. The Kier molecular flexibility index (Phi) is 7.26. The van der Waals surface area contributed by atoms with Gasteiger partial charge in [0.15, 0.2) is 5.82 Å². The van der Waals surface area contributed by atoms with Crippen LogP contribution >= 0.6 is 0 Å². The smallest absolute Gasteiger partial charge is 0.151 e. The van der Waals surface area contributed by atoms with E-state index in [1.165, 1.54) is 19.0 Å². The molecule has 2 aromatic heterocycles. The minimum absolute atomic E-state index is 0.344. The largest absolute Gasteiger partial charge is 0.384 e. The van der Waals surface area contributed by atoms with Crippen molar-refractivity contribution < 1.29 is 9.13 Å². The average molecular weight is 442 g/mol. The quantitative estimate of drug-likeness (QED) is 0.490. The van der Waals surface area contributed by atoms with Gasteiger partial charge in [-0.05, 0) is 69.1 Å². The van der Waals surface area contributed by atoms with E-state index in [1.54, 1.807) is 19.4 Å². The van der Waals surface area contributed by atoms with Gasteiger partial charge in [0.05, 0.1) is 18.5 Å². The van der Waals surface area contributed by atoms with E-state index in [2.05, 4.69) is 39.8 Å². The van der Waals surface area contributed by atoms with Gasteiger partial charge in [0.25, 0.3) is 0 Å². The molecule has 2 saturated carbocycles. The molecule has 7 heteroatoms. The van der Waals surface area contributed by atoms with E-state index in [1.807, 2.05) is 12.1 Å². The zero-order chi connectivity index (χ0) is 22.6. The summed E-state index contributed by atoms with van der Waals surface area (Å²) in [4.78, 5) is 8.70. The first-order chi connectivity index (χ1) is 15.4. The molecule has 174 valence electrons. The first-order valence-electron chi connectivity index (χ1n) is 11.8. The lowest BCUT2D eigenvalue weighted by Gasteiger charge is -2.31. The Morgan fingerprint density at radius 2 is 1.91 bits per heavy atom. The van der Waals surface area contributed by atoms with Gasteiger partial charge < -0.3 is 20.7 Å². The molecule has 2 aromatic rings. The van der Waals surface area contributed by atoms with Crippen molar-refractivity contribution in [3.63, 3.8) is 0 Å². The van der Waals surface area contributed by atoms with Crippen molar-refractivity contribution >= 4 is 11.5 Å². The minimum Gasteiger partial charge on any atom is -0.384 e. The van der Waals surface area contributed by atoms with Crippen molar-refractivity contribution in [3.05, 3.63) is 36.4 Å². The SMILES string of the molecule is COC[C@H](C)NC1CCC(Nc2cc(-c3cc(NCC4(C)CC4)ccn3)c(F)cn2)CC1. The summed E-state index contributed by atoms with van der Waals surface area (Å²) in [6.45, 7) is 6.10. The first kappa shape index (κ1) is 22.9. The summed E-state index contributed by atoms with van der Waals surface area (Å²) in [5.41, 5.74) is 2.48. The number of rotatable bonds is 10. The summed E-state index contributed by atoms with van der Waals surface area (Å²) in [5.74, 6) is 0.352. The molecule has 6 nitrogen and oxygen atoms in total. The van der Waals surface area contributed by atoms with Gasteiger partial charge in [-0.3, -0.25) is 4.98 Å². The molecule has 0 unspecified atom stereocenters. The van der Waals surface area contributed by atoms with Crippen LogP contribution < -0.4 is 16.0 Å². The van der Waals surface area contributed by atoms with E-state index in [-0.39, 0.29) is 5.82 Å². The van der Waals surface area contributed by atoms with Gasteiger partial charge in [0, 0.05) is 49.2 Å². The molecule has 2 heterocycles. The number of nitrogens with one attached hydrogen (secondary N) is 3. The maximum absolute atomic E-state index is 14.6. The molecule has 32 heavy (non-hydrogen) atoms. The Balaban J connectivity index is 1.36. The number of hydrogen-bond acceptors (Lipinski definition) is 6. The highest BCUT2D eigenvalue weighted by molar-refractivity contribution is 5.67. The molecular formula is C25H36FN5O. The van der Waals surface area contributed by atoms with Crippen LogP contribution in [0.1, 0.15) is 52.4 Å². The van der Waals surface area contributed by atoms with Crippen molar-refractivity contribution in [1.29, 1.82) is 0 Å². The third-order valence-electron chi connectivity index (χ3n) is 6.73. The molecule has 2 fully saturated rings. The molecule has 2 aliphatic rings. The predicted octanol–water partition coefficient (Wildman–Crippen LogP) is 4.84. The Morgan fingerprint density at radius 1 is 1.16 bits per heavy atom. The second-order valence-electron chi connectivity index (χ2n) is 9.86. The first-order valence-corrected chi connectivity index (χ1v) is 11.8. The van der Waals surface area contributed by atoms with Gasteiger partial charge in [-0.25, -0.2) is 9.37 Å². The highest BCUT2D eigenvalue weighted by Crippen LogP contribution is 2.44. The zero-order valence-corrected chi connectivity index (χ0v) is 19.5. The lowest BCUT2D eigenvalue weighted by atomic mass is 9.90. The van der Waals surface area contributed by atoms with E-state index in [0.717, 1.165) is 44.5 Å². The molecule has 1 atom stereocenters. The van der Waals surface area contributed by atoms with Crippen molar-refractivity contribution in [1.82, 2.24) is 15.3 Å². The lowest BCUT2D eigenvalue weighted by Crippen LogP contribution is -2.42. The van der Waals surface area contributed by atoms with Crippen LogP contribution in [0.2, 0.25) is 0 Å². The van der Waals surface area contributed by atoms with Crippen LogP contribution in [0, 0.1) is 11.2 Å². The van der Waals surface area contributed by atoms with E-state index >= 15 is 0 Å². The van der Waals surface area contributed by atoms with Crippen molar-refractivity contribution in [3.8, 4) is 11.3 Å². The van der Waals surface area contributed by atoms with Crippen molar-refractivity contribution in [2.75, 3.05) is 30.9 Å². The monoisotopic (exact) mass is 441 g/mol. The second kappa shape index (κ2) is 10.1. The van der Waals surface area contributed by atoms with Crippen LogP contribution in [0.25, 0.3) is 11.3 Å². The number of hydrogen-bond donors (Lipinski definition) is 3. The Labute approximate surface area is 190 Å². The highest BCUT2D eigenvalue weighted by Gasteiger charge is 2.36. The summed E-state index contributed by atoms with van der Waals surface area (Å²) in [6, 6.07) is 6.87. The predicted molar refractivity (Wildman–Crippen MR) is 127 cm³/mol.